The first kappa shape index (κ1) is 17.4. The molecule has 1 aliphatic heterocycles. The number of rotatable bonds is 4. The summed E-state index contributed by atoms with van der Waals surface area (Å²) in [6.45, 7) is 5.58. The molecule has 5 aliphatic rings. The Morgan fingerprint density at radius 3 is 2.41 bits per heavy atom. The molecule has 6 rings (SSSR count). The van der Waals surface area contributed by atoms with E-state index in [0.717, 1.165) is 80.7 Å². The van der Waals surface area contributed by atoms with Crippen molar-refractivity contribution >= 4 is 11.9 Å². The molecule has 1 saturated heterocycles. The third-order valence-electron chi connectivity index (χ3n) is 7.14. The standard InChI is InChI=1S/C21H30N4O2/c1-14-6-18(24-20(23-14)25-2-4-27-5-3-25)13-22-19(26)21-10-15-7-16(11-21)9-17(8-15)12-21/h6,15-17H,2-5,7-13H2,1H3,(H,22,26). The van der Waals surface area contributed by atoms with Gasteiger partial charge in [-0.25, -0.2) is 9.97 Å². The van der Waals surface area contributed by atoms with Crippen molar-refractivity contribution in [1.29, 1.82) is 0 Å². The highest BCUT2D eigenvalue weighted by atomic mass is 16.5. The van der Waals surface area contributed by atoms with Crippen molar-refractivity contribution in [2.75, 3.05) is 31.2 Å². The average molecular weight is 370 g/mol. The number of nitrogens with zero attached hydrogens (tertiary/aromatic N) is 3. The second-order valence-electron chi connectivity index (χ2n) is 9.28. The summed E-state index contributed by atoms with van der Waals surface area (Å²) in [6, 6.07) is 1.99. The van der Waals surface area contributed by atoms with Gasteiger partial charge in [-0.3, -0.25) is 4.79 Å². The van der Waals surface area contributed by atoms with Gasteiger partial charge in [0.25, 0.3) is 0 Å². The third-order valence-corrected chi connectivity index (χ3v) is 7.14. The Morgan fingerprint density at radius 1 is 1.15 bits per heavy atom. The van der Waals surface area contributed by atoms with Gasteiger partial charge < -0.3 is 15.0 Å². The van der Waals surface area contributed by atoms with Gasteiger partial charge in [-0.05, 0) is 69.3 Å². The number of carbonyl (C=O) groups is 1. The predicted molar refractivity (Wildman–Crippen MR) is 102 cm³/mol. The summed E-state index contributed by atoms with van der Waals surface area (Å²) in [6.07, 6.45) is 7.40. The third kappa shape index (κ3) is 3.33. The lowest BCUT2D eigenvalue weighted by molar-refractivity contribution is -0.146. The molecular weight excluding hydrogens is 340 g/mol. The number of morpholine rings is 1. The molecule has 6 nitrogen and oxygen atoms in total. The first-order valence-electron chi connectivity index (χ1n) is 10.6. The van der Waals surface area contributed by atoms with Crippen molar-refractivity contribution < 1.29 is 9.53 Å². The highest BCUT2D eigenvalue weighted by molar-refractivity contribution is 5.83. The molecule has 1 aromatic heterocycles. The molecule has 0 unspecified atom stereocenters. The van der Waals surface area contributed by atoms with Crippen LogP contribution in [0.3, 0.4) is 0 Å². The van der Waals surface area contributed by atoms with Crippen LogP contribution in [0.25, 0.3) is 0 Å². The van der Waals surface area contributed by atoms with Gasteiger partial charge in [0.05, 0.1) is 25.5 Å². The van der Waals surface area contributed by atoms with Gasteiger partial charge in [0.1, 0.15) is 0 Å². The molecule has 146 valence electrons. The molecule has 0 radical (unpaired) electrons. The predicted octanol–water partition coefficient (Wildman–Crippen LogP) is 2.45. The van der Waals surface area contributed by atoms with Gasteiger partial charge in [0.15, 0.2) is 0 Å². The van der Waals surface area contributed by atoms with Crippen molar-refractivity contribution in [3.8, 4) is 0 Å². The van der Waals surface area contributed by atoms with E-state index in [1.807, 2.05) is 13.0 Å². The van der Waals surface area contributed by atoms with E-state index in [1.54, 1.807) is 0 Å². The fraction of sp³-hybridized carbons (Fsp3) is 0.762. The number of nitrogens with one attached hydrogen (secondary N) is 1. The summed E-state index contributed by atoms with van der Waals surface area (Å²) in [5.41, 5.74) is 1.76. The molecule has 6 heteroatoms. The maximum absolute atomic E-state index is 13.2. The summed E-state index contributed by atoms with van der Waals surface area (Å²) in [5, 5.41) is 3.24. The average Bonchev–Trinajstić information content (AvgIpc) is 2.65. The Bertz CT molecular complexity index is 694. The summed E-state index contributed by atoms with van der Waals surface area (Å²) in [5.74, 6) is 3.40. The quantitative estimate of drug-likeness (QED) is 0.882. The topological polar surface area (TPSA) is 67.4 Å². The highest BCUT2D eigenvalue weighted by Crippen LogP contribution is 2.60. The van der Waals surface area contributed by atoms with Gasteiger partial charge in [-0.2, -0.15) is 0 Å². The Hall–Kier alpha value is -1.69. The van der Waals surface area contributed by atoms with Gasteiger partial charge in [-0.1, -0.05) is 0 Å². The lowest BCUT2D eigenvalue weighted by Crippen LogP contribution is -2.53. The van der Waals surface area contributed by atoms with E-state index >= 15 is 0 Å². The van der Waals surface area contributed by atoms with Crippen LogP contribution in [0, 0.1) is 30.1 Å². The van der Waals surface area contributed by atoms with Crippen LogP contribution in [0.2, 0.25) is 0 Å². The zero-order chi connectivity index (χ0) is 18.4. The van der Waals surface area contributed by atoms with E-state index in [2.05, 4.69) is 15.2 Å². The van der Waals surface area contributed by atoms with E-state index in [0.29, 0.717) is 6.54 Å². The van der Waals surface area contributed by atoms with Gasteiger partial charge in [0, 0.05) is 24.2 Å². The number of aryl methyl sites for hydroxylation is 1. The first-order chi connectivity index (χ1) is 13.1. The molecule has 27 heavy (non-hydrogen) atoms. The van der Waals surface area contributed by atoms with Crippen LogP contribution < -0.4 is 10.2 Å². The number of carbonyl (C=O) groups excluding carboxylic acids is 1. The first-order valence-corrected chi connectivity index (χ1v) is 10.6. The number of amides is 1. The smallest absolute Gasteiger partial charge is 0.226 e. The number of hydrogen-bond donors (Lipinski definition) is 1. The minimum Gasteiger partial charge on any atom is -0.378 e. The van der Waals surface area contributed by atoms with E-state index in [4.69, 9.17) is 9.72 Å². The normalized spacial score (nSPS) is 34.7. The van der Waals surface area contributed by atoms with Crippen LogP contribution in [0.1, 0.15) is 49.9 Å². The van der Waals surface area contributed by atoms with E-state index < -0.39 is 0 Å². The van der Waals surface area contributed by atoms with Crippen molar-refractivity contribution in [3.05, 3.63) is 17.5 Å². The van der Waals surface area contributed by atoms with Crippen LogP contribution in [0.4, 0.5) is 5.95 Å². The fourth-order valence-corrected chi connectivity index (χ4v) is 6.36. The van der Waals surface area contributed by atoms with E-state index in [-0.39, 0.29) is 11.3 Å². The maximum atomic E-state index is 13.2. The van der Waals surface area contributed by atoms with Crippen LogP contribution in [0.15, 0.2) is 6.07 Å². The molecule has 2 heterocycles. The van der Waals surface area contributed by atoms with Gasteiger partial charge in [0.2, 0.25) is 11.9 Å². The zero-order valence-electron chi connectivity index (χ0n) is 16.2. The summed E-state index contributed by atoms with van der Waals surface area (Å²) in [7, 11) is 0. The molecule has 0 spiro atoms. The molecule has 0 aromatic carbocycles. The fourth-order valence-electron chi connectivity index (χ4n) is 6.36. The van der Waals surface area contributed by atoms with Gasteiger partial charge in [-0.15, -0.1) is 0 Å². The molecule has 4 aliphatic carbocycles. The Morgan fingerprint density at radius 2 is 1.78 bits per heavy atom. The van der Waals surface area contributed by atoms with Gasteiger partial charge >= 0.3 is 0 Å². The van der Waals surface area contributed by atoms with Crippen LogP contribution in [-0.2, 0) is 16.1 Å². The number of ether oxygens (including phenoxy) is 1. The SMILES string of the molecule is Cc1cc(CNC(=O)C23CC4CC(CC(C4)C2)C3)nc(N2CCOCC2)n1. The second kappa shape index (κ2) is 6.73. The molecule has 4 saturated carbocycles. The van der Waals surface area contributed by atoms with Crippen LogP contribution >= 0.6 is 0 Å². The highest BCUT2D eigenvalue weighted by Gasteiger charge is 2.54. The minimum atomic E-state index is -0.0934. The summed E-state index contributed by atoms with van der Waals surface area (Å²) < 4.78 is 5.42. The number of hydrogen-bond acceptors (Lipinski definition) is 5. The monoisotopic (exact) mass is 370 g/mol. The van der Waals surface area contributed by atoms with Crippen molar-refractivity contribution in [1.82, 2.24) is 15.3 Å². The number of aromatic nitrogens is 2. The van der Waals surface area contributed by atoms with Crippen molar-refractivity contribution in [2.45, 2.75) is 52.0 Å². The molecule has 0 atom stereocenters. The van der Waals surface area contributed by atoms with Crippen molar-refractivity contribution in [3.63, 3.8) is 0 Å². The second-order valence-corrected chi connectivity index (χ2v) is 9.28. The summed E-state index contributed by atoms with van der Waals surface area (Å²) >= 11 is 0. The molecule has 5 fully saturated rings. The number of anilines is 1. The van der Waals surface area contributed by atoms with Crippen LogP contribution in [-0.4, -0.2) is 42.2 Å². The van der Waals surface area contributed by atoms with E-state index in [9.17, 15) is 4.79 Å². The van der Waals surface area contributed by atoms with E-state index in [1.165, 1.54) is 19.3 Å². The largest absolute Gasteiger partial charge is 0.378 e. The van der Waals surface area contributed by atoms with Crippen molar-refractivity contribution in [2.24, 2.45) is 23.2 Å². The zero-order valence-corrected chi connectivity index (χ0v) is 16.2. The molecule has 1 aromatic rings. The Kier molecular flexibility index (Phi) is 4.34. The lowest BCUT2D eigenvalue weighted by Gasteiger charge is -2.55. The molecular formula is C21H30N4O2. The minimum absolute atomic E-state index is 0.0934. The Balaban J connectivity index is 1.27. The lowest BCUT2D eigenvalue weighted by atomic mass is 9.49. The molecule has 4 bridgehead atoms. The molecule has 1 N–H and O–H groups in total. The Labute approximate surface area is 161 Å². The summed E-state index contributed by atoms with van der Waals surface area (Å²) in [4.78, 5) is 24.6. The maximum Gasteiger partial charge on any atom is 0.226 e. The van der Waals surface area contributed by atoms with Crippen LogP contribution in [0.5, 0.6) is 0 Å². The molecule has 1 amide bonds.